The average Bonchev–Trinajstić information content (AvgIpc) is 3.40. The first-order valence-corrected chi connectivity index (χ1v) is 10.3. The number of anilines is 1. The molecular weight excluding hydrogens is 408 g/mol. The van der Waals surface area contributed by atoms with Gasteiger partial charge in [0.2, 0.25) is 0 Å². The zero-order valence-corrected chi connectivity index (χ0v) is 17.4. The summed E-state index contributed by atoms with van der Waals surface area (Å²) in [5, 5.41) is 1.26. The van der Waals surface area contributed by atoms with Crippen LogP contribution in [0.2, 0.25) is 5.02 Å². The molecule has 0 fully saturated rings. The van der Waals surface area contributed by atoms with E-state index in [0.717, 1.165) is 28.9 Å². The molecule has 0 saturated heterocycles. The van der Waals surface area contributed by atoms with Gasteiger partial charge in [-0.3, -0.25) is 9.69 Å². The molecule has 29 heavy (non-hydrogen) atoms. The number of imidazole rings is 1. The monoisotopic (exact) mass is 426 g/mol. The van der Waals surface area contributed by atoms with Gasteiger partial charge in [-0.15, -0.1) is 0 Å². The van der Waals surface area contributed by atoms with Crippen molar-refractivity contribution in [1.82, 2.24) is 14.5 Å². The number of halogens is 1. The number of hydrogen-bond donors (Lipinski definition) is 0. The molecule has 0 bridgehead atoms. The van der Waals surface area contributed by atoms with E-state index in [0.29, 0.717) is 22.3 Å². The quantitative estimate of drug-likeness (QED) is 0.422. The molecule has 2 aromatic heterocycles. The number of nitrogens with zero attached hydrogens (tertiary/aromatic N) is 4. The van der Waals surface area contributed by atoms with Crippen molar-refractivity contribution >= 4 is 44.2 Å². The van der Waals surface area contributed by atoms with E-state index in [-0.39, 0.29) is 5.91 Å². The second kappa shape index (κ2) is 8.63. The highest BCUT2D eigenvalue weighted by Crippen LogP contribution is 2.32. The van der Waals surface area contributed by atoms with Crippen LogP contribution in [-0.4, -0.2) is 34.1 Å². The number of aromatic nitrogens is 3. The molecule has 0 atom stereocenters. The fraction of sp³-hybridized carbons (Fsp3) is 0.190. The predicted octanol–water partition coefficient (Wildman–Crippen LogP) is 4.89. The lowest BCUT2D eigenvalue weighted by molar-refractivity contribution is 0.0986. The van der Waals surface area contributed by atoms with Gasteiger partial charge < -0.3 is 9.30 Å². The van der Waals surface area contributed by atoms with E-state index in [9.17, 15) is 4.79 Å². The molecule has 0 aliphatic carbocycles. The van der Waals surface area contributed by atoms with Crippen molar-refractivity contribution in [3.63, 3.8) is 0 Å². The summed E-state index contributed by atoms with van der Waals surface area (Å²) in [5.41, 5.74) is 1.42. The van der Waals surface area contributed by atoms with Crippen LogP contribution in [0.5, 0.6) is 5.75 Å². The van der Waals surface area contributed by atoms with Crippen LogP contribution in [0.25, 0.3) is 10.2 Å². The third kappa shape index (κ3) is 4.41. The highest BCUT2D eigenvalue weighted by atomic mass is 35.5. The maximum absolute atomic E-state index is 13.3. The van der Waals surface area contributed by atoms with Gasteiger partial charge in [-0.25, -0.2) is 9.97 Å². The Morgan fingerprint density at radius 2 is 2.07 bits per heavy atom. The number of fused-ring (bicyclic) bond motifs is 1. The molecule has 0 aliphatic rings. The maximum atomic E-state index is 13.3. The van der Waals surface area contributed by atoms with Crippen LogP contribution in [0.3, 0.4) is 0 Å². The fourth-order valence-electron chi connectivity index (χ4n) is 3.00. The van der Waals surface area contributed by atoms with Crippen LogP contribution in [0, 0.1) is 0 Å². The summed E-state index contributed by atoms with van der Waals surface area (Å²) < 4.78 is 8.27. The zero-order valence-electron chi connectivity index (χ0n) is 15.8. The number of thiazole rings is 1. The summed E-state index contributed by atoms with van der Waals surface area (Å²) in [7, 11) is 1.63. The van der Waals surface area contributed by atoms with Gasteiger partial charge in [-0.05, 0) is 48.9 Å². The zero-order chi connectivity index (χ0) is 20.2. The van der Waals surface area contributed by atoms with Gasteiger partial charge in [0.25, 0.3) is 5.91 Å². The van der Waals surface area contributed by atoms with E-state index < -0.39 is 0 Å². The van der Waals surface area contributed by atoms with Gasteiger partial charge in [0.1, 0.15) is 5.75 Å². The number of amides is 1. The van der Waals surface area contributed by atoms with Crippen molar-refractivity contribution < 1.29 is 9.53 Å². The highest BCUT2D eigenvalue weighted by Gasteiger charge is 2.21. The van der Waals surface area contributed by atoms with Gasteiger partial charge in [-0.2, -0.15) is 0 Å². The van der Waals surface area contributed by atoms with Crippen LogP contribution in [-0.2, 0) is 6.54 Å². The number of ether oxygens (including phenoxy) is 1. The van der Waals surface area contributed by atoms with E-state index in [1.807, 2.05) is 29.0 Å². The Morgan fingerprint density at radius 3 is 2.79 bits per heavy atom. The Morgan fingerprint density at radius 1 is 1.24 bits per heavy atom. The summed E-state index contributed by atoms with van der Waals surface area (Å²) in [6.07, 6.45) is 6.21. The van der Waals surface area contributed by atoms with Crippen molar-refractivity contribution in [1.29, 1.82) is 0 Å². The Hall–Kier alpha value is -2.90. The van der Waals surface area contributed by atoms with Crippen molar-refractivity contribution in [3.8, 4) is 5.75 Å². The van der Waals surface area contributed by atoms with E-state index in [2.05, 4.69) is 4.98 Å². The van der Waals surface area contributed by atoms with Crippen LogP contribution >= 0.6 is 22.9 Å². The number of carbonyl (C=O) groups excluding carboxylic acids is 1. The fourth-order valence-corrected chi connectivity index (χ4v) is 4.14. The summed E-state index contributed by atoms with van der Waals surface area (Å²) in [6.45, 7) is 1.31. The molecule has 0 saturated carbocycles. The number of carbonyl (C=O) groups is 1. The Kier molecular flexibility index (Phi) is 5.78. The lowest BCUT2D eigenvalue weighted by atomic mass is 10.2. The molecule has 4 rings (SSSR count). The first-order chi connectivity index (χ1) is 14.1. The smallest absolute Gasteiger partial charge is 0.260 e. The minimum atomic E-state index is -0.0988. The van der Waals surface area contributed by atoms with Gasteiger partial charge in [0.15, 0.2) is 5.13 Å². The summed E-state index contributed by atoms with van der Waals surface area (Å²) in [5.74, 6) is 0.668. The normalized spacial score (nSPS) is 11.0. The minimum Gasteiger partial charge on any atom is -0.497 e. The average molecular weight is 427 g/mol. The molecule has 0 aliphatic heterocycles. The minimum absolute atomic E-state index is 0.0988. The third-order valence-corrected chi connectivity index (χ3v) is 5.80. The Bertz CT molecular complexity index is 1110. The number of benzene rings is 2. The molecule has 0 N–H and O–H groups in total. The lowest BCUT2D eigenvalue weighted by Gasteiger charge is -2.20. The molecule has 2 aromatic carbocycles. The molecule has 0 radical (unpaired) electrons. The van der Waals surface area contributed by atoms with E-state index in [4.69, 9.17) is 21.3 Å². The Balaban J connectivity index is 1.63. The lowest BCUT2D eigenvalue weighted by Crippen LogP contribution is -2.32. The first-order valence-electron chi connectivity index (χ1n) is 9.12. The molecule has 0 unspecified atom stereocenters. The van der Waals surface area contributed by atoms with Crippen molar-refractivity contribution in [2.45, 2.75) is 13.0 Å². The third-order valence-electron chi connectivity index (χ3n) is 4.51. The standard InChI is InChI=1S/C21H19ClN4O2S/c1-28-17-7-8-18-19(13-17)29-21(24-18)26(11-2-10-25-12-9-23-14-25)20(27)15-3-5-16(22)6-4-15/h3-9,12-14H,2,10-11H2,1H3. The van der Waals surface area contributed by atoms with Crippen LogP contribution in [0.1, 0.15) is 16.8 Å². The van der Waals surface area contributed by atoms with Crippen LogP contribution in [0.4, 0.5) is 5.13 Å². The summed E-state index contributed by atoms with van der Waals surface area (Å²) >= 11 is 7.46. The molecule has 1 amide bonds. The largest absolute Gasteiger partial charge is 0.497 e. The van der Waals surface area contributed by atoms with Crippen molar-refractivity contribution in [2.24, 2.45) is 0 Å². The van der Waals surface area contributed by atoms with Crippen LogP contribution in [0.15, 0.2) is 61.2 Å². The van der Waals surface area contributed by atoms with Crippen molar-refractivity contribution in [2.75, 3.05) is 18.6 Å². The van der Waals surface area contributed by atoms with Crippen molar-refractivity contribution in [3.05, 3.63) is 71.8 Å². The number of aryl methyl sites for hydroxylation is 1. The predicted molar refractivity (Wildman–Crippen MR) is 116 cm³/mol. The highest BCUT2D eigenvalue weighted by molar-refractivity contribution is 7.22. The number of methoxy groups -OCH3 is 1. The van der Waals surface area contributed by atoms with Gasteiger partial charge in [0.05, 0.1) is 23.7 Å². The van der Waals surface area contributed by atoms with Crippen LogP contribution < -0.4 is 9.64 Å². The topological polar surface area (TPSA) is 60.2 Å². The molecule has 8 heteroatoms. The van der Waals surface area contributed by atoms with Gasteiger partial charge in [-0.1, -0.05) is 22.9 Å². The molecule has 4 aromatic rings. The second-order valence-corrected chi connectivity index (χ2v) is 7.89. The Labute approximate surface area is 177 Å². The molecule has 0 spiro atoms. The number of hydrogen-bond acceptors (Lipinski definition) is 5. The molecule has 6 nitrogen and oxygen atoms in total. The van der Waals surface area contributed by atoms with E-state index in [1.54, 1.807) is 48.8 Å². The first kappa shape index (κ1) is 19.4. The maximum Gasteiger partial charge on any atom is 0.260 e. The van der Waals surface area contributed by atoms with E-state index >= 15 is 0 Å². The van der Waals surface area contributed by atoms with Gasteiger partial charge >= 0.3 is 0 Å². The summed E-state index contributed by atoms with van der Waals surface area (Å²) in [6, 6.07) is 12.6. The summed E-state index contributed by atoms with van der Waals surface area (Å²) in [4.78, 5) is 23.7. The SMILES string of the molecule is COc1ccc2nc(N(CCCn3ccnc3)C(=O)c3ccc(Cl)cc3)sc2c1. The molecule has 2 heterocycles. The number of rotatable bonds is 7. The van der Waals surface area contributed by atoms with E-state index in [1.165, 1.54) is 11.3 Å². The molecule has 148 valence electrons. The molecular formula is C21H19ClN4O2S. The second-order valence-electron chi connectivity index (χ2n) is 6.45. The van der Waals surface area contributed by atoms with Gasteiger partial charge in [0, 0.05) is 36.1 Å².